The summed E-state index contributed by atoms with van der Waals surface area (Å²) in [7, 11) is 0. The van der Waals surface area contributed by atoms with Crippen molar-refractivity contribution in [2.45, 2.75) is 13.8 Å². The molecule has 0 atom stereocenters. The zero-order chi connectivity index (χ0) is 21.8. The highest BCUT2D eigenvalue weighted by Gasteiger charge is 2.25. The first-order chi connectivity index (χ1) is 14.3. The van der Waals surface area contributed by atoms with Gasteiger partial charge in [-0.25, -0.2) is 4.79 Å². The van der Waals surface area contributed by atoms with Gasteiger partial charge in [0.05, 0.1) is 27.4 Å². The van der Waals surface area contributed by atoms with Gasteiger partial charge in [0.25, 0.3) is 0 Å². The first-order valence-corrected chi connectivity index (χ1v) is 11.3. The van der Waals surface area contributed by atoms with Crippen molar-refractivity contribution in [1.82, 2.24) is 0 Å². The summed E-state index contributed by atoms with van der Waals surface area (Å²) >= 11 is 25.1. The van der Waals surface area contributed by atoms with Gasteiger partial charge >= 0.3 is 5.97 Å². The van der Waals surface area contributed by atoms with Crippen LogP contribution >= 0.6 is 58.4 Å². The number of esters is 1. The van der Waals surface area contributed by atoms with Crippen molar-refractivity contribution in [2.24, 2.45) is 0 Å². The van der Waals surface area contributed by atoms with E-state index >= 15 is 0 Å². The number of benzene rings is 2. The third kappa shape index (κ3) is 5.07. The molecule has 4 nitrogen and oxygen atoms in total. The Kier molecular flexibility index (Phi) is 7.60. The predicted molar refractivity (Wildman–Crippen MR) is 132 cm³/mol. The molecule has 0 amide bonds. The van der Waals surface area contributed by atoms with Crippen LogP contribution in [0.25, 0.3) is 11.1 Å². The molecule has 1 heterocycles. The van der Waals surface area contributed by atoms with Gasteiger partial charge in [0.15, 0.2) is 5.11 Å². The number of thiophene rings is 1. The molecule has 0 aliphatic carbocycles. The molecule has 0 bridgehead atoms. The molecule has 9 heteroatoms. The summed E-state index contributed by atoms with van der Waals surface area (Å²) in [5, 5.41) is 7.98. The van der Waals surface area contributed by atoms with Gasteiger partial charge < -0.3 is 15.4 Å². The fourth-order valence-corrected chi connectivity index (χ4v) is 4.80. The van der Waals surface area contributed by atoms with Gasteiger partial charge in [-0.2, -0.15) is 0 Å². The van der Waals surface area contributed by atoms with E-state index in [4.69, 9.17) is 51.8 Å². The SMILES string of the molecule is CCOC(=O)c1c(NC(=S)Nc2cc(Cl)c(Cl)cc2Cl)sc(C)c1-c1ccccc1. The second-order valence-electron chi connectivity index (χ2n) is 6.15. The Balaban J connectivity index is 1.95. The topological polar surface area (TPSA) is 50.4 Å². The van der Waals surface area contributed by atoms with Crippen LogP contribution < -0.4 is 10.6 Å². The van der Waals surface area contributed by atoms with E-state index in [0.717, 1.165) is 16.0 Å². The van der Waals surface area contributed by atoms with Crippen molar-refractivity contribution in [2.75, 3.05) is 17.2 Å². The number of hydrogen-bond acceptors (Lipinski definition) is 4. The third-order valence-electron chi connectivity index (χ3n) is 4.11. The van der Waals surface area contributed by atoms with E-state index in [9.17, 15) is 4.79 Å². The van der Waals surface area contributed by atoms with Gasteiger partial charge in [0.2, 0.25) is 0 Å². The van der Waals surface area contributed by atoms with Crippen LogP contribution in [0.5, 0.6) is 0 Å². The van der Waals surface area contributed by atoms with E-state index in [0.29, 0.717) is 31.3 Å². The lowest BCUT2D eigenvalue weighted by atomic mass is 10.0. The molecule has 0 unspecified atom stereocenters. The maximum absolute atomic E-state index is 12.8. The van der Waals surface area contributed by atoms with E-state index in [1.807, 2.05) is 37.3 Å². The number of anilines is 2. The van der Waals surface area contributed by atoms with Crippen molar-refractivity contribution in [3.05, 3.63) is 68.0 Å². The Morgan fingerprint density at radius 2 is 1.73 bits per heavy atom. The van der Waals surface area contributed by atoms with Gasteiger partial charge in [-0.1, -0.05) is 65.1 Å². The minimum absolute atomic E-state index is 0.252. The Morgan fingerprint density at radius 3 is 2.40 bits per heavy atom. The number of nitrogens with one attached hydrogen (secondary N) is 2. The number of carbonyl (C=O) groups is 1. The molecule has 30 heavy (non-hydrogen) atoms. The highest BCUT2D eigenvalue weighted by molar-refractivity contribution is 7.80. The van der Waals surface area contributed by atoms with Gasteiger partial charge in [-0.05, 0) is 43.8 Å². The van der Waals surface area contributed by atoms with Crippen LogP contribution in [0.3, 0.4) is 0 Å². The lowest BCUT2D eigenvalue weighted by Crippen LogP contribution is -2.20. The van der Waals surface area contributed by atoms with E-state index in [1.54, 1.807) is 13.0 Å². The molecule has 1 aromatic heterocycles. The Labute approximate surface area is 199 Å². The van der Waals surface area contributed by atoms with Crippen molar-refractivity contribution in [3.8, 4) is 11.1 Å². The Bertz CT molecular complexity index is 1100. The number of aryl methyl sites for hydroxylation is 1. The van der Waals surface area contributed by atoms with E-state index < -0.39 is 5.97 Å². The summed E-state index contributed by atoms with van der Waals surface area (Å²) in [6.07, 6.45) is 0. The van der Waals surface area contributed by atoms with Crippen molar-refractivity contribution < 1.29 is 9.53 Å². The fraction of sp³-hybridized carbons (Fsp3) is 0.143. The molecular weight excluding hydrogens is 483 g/mol. The average Bonchev–Trinajstić information content (AvgIpc) is 3.02. The minimum Gasteiger partial charge on any atom is -0.462 e. The van der Waals surface area contributed by atoms with E-state index in [-0.39, 0.29) is 11.7 Å². The maximum atomic E-state index is 12.8. The molecule has 0 saturated carbocycles. The second-order valence-corrected chi connectivity index (χ2v) is 9.00. The molecule has 2 aromatic carbocycles. The first kappa shape index (κ1) is 22.8. The Hall–Kier alpha value is -1.83. The molecule has 3 aromatic rings. The number of ether oxygens (including phenoxy) is 1. The predicted octanol–water partition coefficient (Wildman–Crippen LogP) is 7.67. The molecule has 2 N–H and O–H groups in total. The standard InChI is InChI=1S/C21H17Cl3N2O2S2/c1-3-28-20(27)18-17(12-7-5-4-6-8-12)11(2)30-19(18)26-21(29)25-16-10-14(23)13(22)9-15(16)24/h4-10H,3H2,1-2H3,(H2,25,26,29). The van der Waals surface area contributed by atoms with Crippen LogP contribution in [-0.2, 0) is 4.74 Å². The van der Waals surface area contributed by atoms with Crippen LogP contribution in [0.2, 0.25) is 15.1 Å². The summed E-state index contributed by atoms with van der Waals surface area (Å²) in [6, 6.07) is 12.8. The molecule has 0 aliphatic heterocycles. The monoisotopic (exact) mass is 498 g/mol. The van der Waals surface area contributed by atoms with E-state index in [2.05, 4.69) is 10.6 Å². The maximum Gasteiger partial charge on any atom is 0.341 e. The molecule has 0 radical (unpaired) electrons. The normalized spacial score (nSPS) is 10.6. The molecule has 0 spiro atoms. The van der Waals surface area contributed by atoms with Gasteiger partial charge in [0.1, 0.15) is 10.6 Å². The van der Waals surface area contributed by atoms with Gasteiger partial charge in [-0.3, -0.25) is 0 Å². The lowest BCUT2D eigenvalue weighted by Gasteiger charge is -2.13. The van der Waals surface area contributed by atoms with Crippen LogP contribution in [0, 0.1) is 6.92 Å². The summed E-state index contributed by atoms with van der Waals surface area (Å²) in [4.78, 5) is 13.7. The highest BCUT2D eigenvalue weighted by Crippen LogP contribution is 2.40. The second kappa shape index (κ2) is 9.98. The fourth-order valence-electron chi connectivity index (χ4n) is 2.86. The van der Waals surface area contributed by atoms with Crippen molar-refractivity contribution in [3.63, 3.8) is 0 Å². The summed E-state index contributed by atoms with van der Waals surface area (Å²) in [5.41, 5.74) is 2.68. The molecule has 0 aliphatic rings. The van der Waals surface area contributed by atoms with Gasteiger partial charge in [0, 0.05) is 10.4 Å². The quantitative estimate of drug-likeness (QED) is 0.214. The summed E-state index contributed by atoms with van der Waals surface area (Å²) < 4.78 is 5.30. The number of halogens is 3. The lowest BCUT2D eigenvalue weighted by molar-refractivity contribution is 0.0529. The molecular formula is C21H17Cl3N2O2S2. The zero-order valence-corrected chi connectivity index (χ0v) is 19.9. The van der Waals surface area contributed by atoms with Crippen LogP contribution in [-0.4, -0.2) is 17.7 Å². The number of rotatable bonds is 5. The molecule has 0 saturated heterocycles. The molecule has 3 rings (SSSR count). The van der Waals surface area contributed by atoms with Crippen LogP contribution in [0.1, 0.15) is 22.2 Å². The first-order valence-electron chi connectivity index (χ1n) is 8.90. The smallest absolute Gasteiger partial charge is 0.341 e. The third-order valence-corrected chi connectivity index (χ3v) is 6.37. The average molecular weight is 500 g/mol. The van der Waals surface area contributed by atoms with E-state index in [1.165, 1.54) is 17.4 Å². The molecule has 0 fully saturated rings. The highest BCUT2D eigenvalue weighted by atomic mass is 35.5. The van der Waals surface area contributed by atoms with Crippen molar-refractivity contribution >= 4 is 80.1 Å². The Morgan fingerprint density at radius 1 is 1.07 bits per heavy atom. The minimum atomic E-state index is -0.418. The number of carbonyl (C=O) groups excluding carboxylic acids is 1. The van der Waals surface area contributed by atoms with Crippen LogP contribution in [0.15, 0.2) is 42.5 Å². The van der Waals surface area contributed by atoms with Crippen molar-refractivity contribution in [1.29, 1.82) is 0 Å². The summed E-state index contributed by atoms with van der Waals surface area (Å²) in [6.45, 7) is 3.99. The zero-order valence-electron chi connectivity index (χ0n) is 16.0. The largest absolute Gasteiger partial charge is 0.462 e. The van der Waals surface area contributed by atoms with Gasteiger partial charge in [-0.15, -0.1) is 11.3 Å². The molecule has 156 valence electrons. The number of hydrogen-bond donors (Lipinski definition) is 2. The number of thiocarbonyl (C=S) groups is 1. The van der Waals surface area contributed by atoms with Crippen LogP contribution in [0.4, 0.5) is 10.7 Å². The summed E-state index contributed by atoms with van der Waals surface area (Å²) in [5.74, 6) is -0.418.